The highest BCUT2D eigenvalue weighted by Crippen LogP contribution is 2.36. The van der Waals surface area contributed by atoms with E-state index in [0.29, 0.717) is 32.1 Å². The highest BCUT2D eigenvalue weighted by atomic mass is 32.2. The molecule has 11 heteroatoms. The number of piperidine rings is 2. The molecule has 41 heavy (non-hydrogen) atoms. The fourth-order valence-corrected chi connectivity index (χ4v) is 7.64. The van der Waals surface area contributed by atoms with E-state index in [2.05, 4.69) is 9.80 Å². The SMILES string of the molecule is CCN(C(=O)CN1CCN(C(C)=O)CC1)C1CCN(CCC(c2cc(F)cc(F)c2)C2CCN(S(C)=O)CC2)CC1. The monoisotopic (exact) mass is 595 g/mol. The number of carbonyl (C=O) groups excluding carboxylic acids is 2. The van der Waals surface area contributed by atoms with E-state index in [1.807, 2.05) is 21.0 Å². The van der Waals surface area contributed by atoms with Gasteiger partial charge in [0.1, 0.15) is 11.6 Å². The minimum Gasteiger partial charge on any atom is -0.340 e. The minimum absolute atomic E-state index is 0.0440. The summed E-state index contributed by atoms with van der Waals surface area (Å²) in [5.74, 6) is -0.491. The van der Waals surface area contributed by atoms with Gasteiger partial charge >= 0.3 is 0 Å². The summed E-state index contributed by atoms with van der Waals surface area (Å²) in [4.78, 5) is 33.2. The molecule has 2 unspecified atom stereocenters. The second-order valence-corrected chi connectivity index (χ2v) is 13.2. The summed E-state index contributed by atoms with van der Waals surface area (Å²) in [7, 11) is -0.997. The van der Waals surface area contributed by atoms with Gasteiger partial charge in [0.05, 0.1) is 17.5 Å². The van der Waals surface area contributed by atoms with Gasteiger partial charge in [0.25, 0.3) is 0 Å². The van der Waals surface area contributed by atoms with Gasteiger partial charge in [-0.2, -0.15) is 0 Å². The summed E-state index contributed by atoms with van der Waals surface area (Å²) in [6, 6.07) is 4.11. The lowest BCUT2D eigenvalue weighted by atomic mass is 9.78. The van der Waals surface area contributed by atoms with Crippen LogP contribution >= 0.6 is 0 Å². The number of nitrogens with zero attached hydrogens (tertiary/aromatic N) is 5. The van der Waals surface area contributed by atoms with Crippen LogP contribution in [0.15, 0.2) is 18.2 Å². The third kappa shape index (κ3) is 8.78. The topological polar surface area (TPSA) is 67.4 Å². The van der Waals surface area contributed by atoms with Crippen LogP contribution in [0.1, 0.15) is 57.4 Å². The summed E-state index contributed by atoms with van der Waals surface area (Å²) < 4.78 is 42.3. The molecule has 0 aromatic heterocycles. The Hall–Kier alpha value is -1.95. The average molecular weight is 596 g/mol. The van der Waals surface area contributed by atoms with E-state index in [1.54, 1.807) is 13.2 Å². The molecule has 1 aromatic carbocycles. The normalized spacial score (nSPS) is 22.0. The number of likely N-dealkylation sites (N-methyl/N-ethyl adjacent to an activating group) is 1. The Morgan fingerprint density at radius 3 is 2.07 bits per heavy atom. The molecule has 8 nitrogen and oxygen atoms in total. The van der Waals surface area contributed by atoms with Crippen LogP contribution in [0.3, 0.4) is 0 Å². The molecule has 3 heterocycles. The number of carbonyl (C=O) groups is 2. The maximum atomic E-state index is 14.2. The molecule has 3 aliphatic rings. The van der Waals surface area contributed by atoms with Crippen molar-refractivity contribution in [2.45, 2.75) is 57.9 Å². The molecule has 0 radical (unpaired) electrons. The van der Waals surface area contributed by atoms with Crippen molar-refractivity contribution in [3.8, 4) is 0 Å². The standard InChI is InChI=1S/C30H47F2N5O3S/c1-4-37(30(39)22-34-15-17-35(18-16-34)23(2)38)28-7-10-33(11-8-28)12-9-29(25-19-26(31)21-27(32)20-25)24-5-13-36(14-6-24)41(3)40/h19-21,24,28-29H,4-18,22H2,1-3H3. The van der Waals surface area contributed by atoms with Crippen molar-refractivity contribution in [1.29, 1.82) is 0 Å². The van der Waals surface area contributed by atoms with Crippen LogP contribution in [0.4, 0.5) is 8.78 Å². The van der Waals surface area contributed by atoms with Crippen LogP contribution in [-0.2, 0) is 20.6 Å². The zero-order valence-electron chi connectivity index (χ0n) is 24.9. The summed E-state index contributed by atoms with van der Waals surface area (Å²) in [5, 5.41) is 0. The molecule has 2 atom stereocenters. The summed E-state index contributed by atoms with van der Waals surface area (Å²) >= 11 is 0. The molecule has 0 aliphatic carbocycles. The molecule has 3 saturated heterocycles. The lowest BCUT2D eigenvalue weighted by molar-refractivity contribution is -0.136. The molecule has 1 aromatic rings. The number of piperazine rings is 1. The quantitative estimate of drug-likeness (QED) is 0.416. The summed E-state index contributed by atoms with van der Waals surface area (Å²) in [5.41, 5.74) is 0.723. The van der Waals surface area contributed by atoms with Crippen LogP contribution in [0.25, 0.3) is 0 Å². The van der Waals surface area contributed by atoms with E-state index in [4.69, 9.17) is 0 Å². The predicted octanol–water partition coefficient (Wildman–Crippen LogP) is 2.92. The molecule has 0 bridgehead atoms. The number of likely N-dealkylation sites (tertiary alicyclic amines) is 1. The van der Waals surface area contributed by atoms with Gasteiger partial charge < -0.3 is 14.7 Å². The highest BCUT2D eigenvalue weighted by molar-refractivity contribution is 7.81. The van der Waals surface area contributed by atoms with Crippen LogP contribution < -0.4 is 0 Å². The van der Waals surface area contributed by atoms with Crippen molar-refractivity contribution in [2.75, 3.05) is 78.2 Å². The van der Waals surface area contributed by atoms with Crippen molar-refractivity contribution in [1.82, 2.24) is 23.9 Å². The predicted molar refractivity (Wildman–Crippen MR) is 158 cm³/mol. The van der Waals surface area contributed by atoms with Crippen LogP contribution in [0, 0.1) is 17.6 Å². The molecule has 0 spiro atoms. The Balaban J connectivity index is 1.29. The largest absolute Gasteiger partial charge is 0.340 e. The Morgan fingerprint density at radius 1 is 0.927 bits per heavy atom. The van der Waals surface area contributed by atoms with Gasteiger partial charge in [0.2, 0.25) is 11.8 Å². The Labute approximate surface area is 246 Å². The van der Waals surface area contributed by atoms with Gasteiger partial charge in [-0.25, -0.2) is 17.3 Å². The molecule has 230 valence electrons. The van der Waals surface area contributed by atoms with Crippen LogP contribution in [-0.4, -0.2) is 124 Å². The lowest BCUT2D eigenvalue weighted by Gasteiger charge is -2.41. The Kier molecular flexibility index (Phi) is 11.7. The maximum absolute atomic E-state index is 14.2. The van der Waals surface area contributed by atoms with Gasteiger partial charge in [0, 0.05) is 84.2 Å². The van der Waals surface area contributed by atoms with Crippen molar-refractivity contribution < 1.29 is 22.6 Å². The third-order valence-corrected chi connectivity index (χ3v) is 10.4. The number of rotatable bonds is 10. The molecule has 3 aliphatic heterocycles. The fraction of sp³-hybridized carbons (Fsp3) is 0.733. The van der Waals surface area contributed by atoms with Crippen molar-refractivity contribution in [3.63, 3.8) is 0 Å². The Morgan fingerprint density at radius 2 is 1.54 bits per heavy atom. The third-order valence-electron chi connectivity index (χ3n) is 9.34. The summed E-state index contributed by atoms with van der Waals surface area (Å²) in [6.45, 7) is 11.6. The van der Waals surface area contributed by atoms with E-state index in [0.717, 1.165) is 89.5 Å². The van der Waals surface area contributed by atoms with E-state index in [9.17, 15) is 22.6 Å². The zero-order chi connectivity index (χ0) is 29.5. The smallest absolute Gasteiger partial charge is 0.236 e. The zero-order valence-corrected chi connectivity index (χ0v) is 25.7. The number of hydrogen-bond acceptors (Lipinski definition) is 5. The fourth-order valence-electron chi connectivity index (χ4n) is 6.92. The van der Waals surface area contributed by atoms with E-state index >= 15 is 0 Å². The lowest BCUT2D eigenvalue weighted by Crippen LogP contribution is -2.53. The molecular formula is C30H47F2N5O3S. The number of amides is 2. The molecule has 4 rings (SSSR count). The van der Waals surface area contributed by atoms with Gasteiger partial charge in [-0.1, -0.05) is 0 Å². The second kappa shape index (κ2) is 15.0. The summed E-state index contributed by atoms with van der Waals surface area (Å²) in [6.07, 6.45) is 6.07. The van der Waals surface area contributed by atoms with Crippen molar-refractivity contribution in [2.24, 2.45) is 5.92 Å². The molecule has 0 saturated carbocycles. The molecule has 0 N–H and O–H groups in total. The van der Waals surface area contributed by atoms with Crippen LogP contribution in [0.2, 0.25) is 0 Å². The minimum atomic E-state index is -0.997. The van der Waals surface area contributed by atoms with E-state index in [1.165, 1.54) is 12.1 Å². The molecule has 2 amide bonds. The first-order valence-corrected chi connectivity index (χ1v) is 16.7. The molecule has 3 fully saturated rings. The second-order valence-electron chi connectivity index (χ2n) is 11.8. The average Bonchev–Trinajstić information content (AvgIpc) is 2.94. The maximum Gasteiger partial charge on any atom is 0.236 e. The van der Waals surface area contributed by atoms with Crippen molar-refractivity contribution in [3.05, 3.63) is 35.4 Å². The number of halogens is 2. The molecular weight excluding hydrogens is 548 g/mol. The first-order chi connectivity index (χ1) is 19.6. The van der Waals surface area contributed by atoms with Gasteiger partial charge in [-0.05, 0) is 75.1 Å². The van der Waals surface area contributed by atoms with Gasteiger partial charge in [-0.3, -0.25) is 14.5 Å². The van der Waals surface area contributed by atoms with E-state index in [-0.39, 0.29) is 23.8 Å². The highest BCUT2D eigenvalue weighted by Gasteiger charge is 2.32. The first-order valence-electron chi connectivity index (χ1n) is 15.2. The van der Waals surface area contributed by atoms with Crippen LogP contribution in [0.5, 0.6) is 0 Å². The first kappa shape index (κ1) is 32.0. The van der Waals surface area contributed by atoms with Gasteiger partial charge in [0.15, 0.2) is 0 Å². The number of benzene rings is 1. The van der Waals surface area contributed by atoms with Gasteiger partial charge in [-0.15, -0.1) is 0 Å². The number of hydrogen-bond donors (Lipinski definition) is 0. The van der Waals surface area contributed by atoms with Crippen molar-refractivity contribution >= 4 is 22.8 Å². The Bertz CT molecular complexity index is 1030. The van der Waals surface area contributed by atoms with E-state index < -0.39 is 22.6 Å².